The first-order valence-corrected chi connectivity index (χ1v) is 8.18. The van der Waals surface area contributed by atoms with E-state index in [1.807, 2.05) is 4.57 Å². The maximum Gasteiger partial charge on any atom is 0.191 e. The first-order valence-electron chi connectivity index (χ1n) is 7.24. The van der Waals surface area contributed by atoms with E-state index in [1.54, 1.807) is 24.0 Å². The van der Waals surface area contributed by atoms with Gasteiger partial charge in [-0.15, -0.1) is 34.2 Å². The summed E-state index contributed by atoms with van der Waals surface area (Å²) in [6.45, 7) is 5.54. The predicted octanol–water partition coefficient (Wildman–Crippen LogP) is 2.49. The van der Waals surface area contributed by atoms with Crippen LogP contribution in [0.25, 0.3) is 0 Å². The topological polar surface area (TPSA) is 67.1 Å². The van der Waals surface area contributed by atoms with Crippen molar-refractivity contribution in [3.05, 3.63) is 35.0 Å². The summed E-state index contributed by atoms with van der Waals surface area (Å²) in [6.07, 6.45) is 5.68. The maximum absolute atomic E-state index is 4.58. The molecule has 0 spiro atoms. The Balaban J connectivity index is 0.00000242. The molecular weight excluding hydrogens is 411 g/mol. The largest absolute Gasteiger partial charge is 0.357 e. The van der Waals surface area contributed by atoms with Crippen LogP contribution in [-0.4, -0.2) is 33.8 Å². The molecule has 0 saturated heterocycles. The molecule has 2 aromatic rings. The third-order valence-corrected chi connectivity index (χ3v) is 3.68. The molecule has 0 fully saturated rings. The zero-order chi connectivity index (χ0) is 14.8. The van der Waals surface area contributed by atoms with E-state index in [4.69, 9.17) is 0 Å². The van der Waals surface area contributed by atoms with E-state index in [1.165, 1.54) is 5.56 Å². The summed E-state index contributed by atoms with van der Waals surface area (Å²) in [5.41, 5.74) is 1.25. The molecule has 0 saturated carbocycles. The van der Waals surface area contributed by atoms with Gasteiger partial charge in [-0.25, -0.2) is 4.99 Å². The van der Waals surface area contributed by atoms with Gasteiger partial charge >= 0.3 is 0 Å². The Bertz CT molecular complexity index is 511. The second-order valence-electron chi connectivity index (χ2n) is 4.66. The van der Waals surface area contributed by atoms with Crippen molar-refractivity contribution in [2.75, 3.05) is 13.1 Å². The second-order valence-corrected chi connectivity index (χ2v) is 5.44. The van der Waals surface area contributed by atoms with E-state index in [2.05, 4.69) is 49.6 Å². The van der Waals surface area contributed by atoms with E-state index < -0.39 is 0 Å². The van der Waals surface area contributed by atoms with Gasteiger partial charge in [0.25, 0.3) is 0 Å². The number of nitrogens with one attached hydrogen (secondary N) is 2. The SMILES string of the molecule is CCNC(=NCc1ccsc1)NCCCCn1cnnc1.I. The molecule has 2 rings (SSSR count). The van der Waals surface area contributed by atoms with Crippen LogP contribution in [0.3, 0.4) is 0 Å². The van der Waals surface area contributed by atoms with Crippen molar-refractivity contribution >= 4 is 41.3 Å². The minimum absolute atomic E-state index is 0. The second kappa shape index (κ2) is 11.4. The van der Waals surface area contributed by atoms with Crippen LogP contribution < -0.4 is 10.6 Å². The predicted molar refractivity (Wildman–Crippen MR) is 102 cm³/mol. The molecule has 0 aromatic carbocycles. The van der Waals surface area contributed by atoms with Gasteiger partial charge < -0.3 is 15.2 Å². The third kappa shape index (κ3) is 7.21. The minimum atomic E-state index is 0. The summed E-state index contributed by atoms with van der Waals surface area (Å²) in [5, 5.41) is 18.4. The van der Waals surface area contributed by atoms with Crippen LogP contribution in [0.2, 0.25) is 0 Å². The zero-order valence-electron chi connectivity index (χ0n) is 12.7. The molecule has 0 radical (unpaired) electrons. The molecule has 2 heterocycles. The molecule has 0 aliphatic carbocycles. The van der Waals surface area contributed by atoms with Gasteiger partial charge in [0, 0.05) is 19.6 Å². The number of nitrogens with zero attached hydrogens (tertiary/aromatic N) is 4. The summed E-state index contributed by atoms with van der Waals surface area (Å²) in [5.74, 6) is 0.882. The average molecular weight is 434 g/mol. The van der Waals surface area contributed by atoms with Gasteiger partial charge in [-0.2, -0.15) is 11.3 Å². The number of aryl methyl sites for hydroxylation is 1. The molecule has 6 nitrogen and oxygen atoms in total. The van der Waals surface area contributed by atoms with E-state index in [0.717, 1.165) is 45.0 Å². The molecule has 0 unspecified atom stereocenters. The van der Waals surface area contributed by atoms with E-state index in [9.17, 15) is 0 Å². The summed E-state index contributed by atoms with van der Waals surface area (Å²) in [7, 11) is 0. The molecule has 0 aliphatic rings. The Morgan fingerprint density at radius 2 is 2.09 bits per heavy atom. The highest BCUT2D eigenvalue weighted by Gasteiger charge is 1.98. The molecule has 8 heteroatoms. The fraction of sp³-hybridized carbons (Fsp3) is 0.500. The van der Waals surface area contributed by atoms with Crippen molar-refractivity contribution in [1.82, 2.24) is 25.4 Å². The van der Waals surface area contributed by atoms with Crippen LogP contribution in [0.1, 0.15) is 25.3 Å². The number of hydrogen-bond donors (Lipinski definition) is 2. The molecule has 0 amide bonds. The lowest BCUT2D eigenvalue weighted by molar-refractivity contribution is 0.598. The number of hydrogen-bond acceptors (Lipinski definition) is 4. The third-order valence-electron chi connectivity index (χ3n) is 2.95. The fourth-order valence-electron chi connectivity index (χ4n) is 1.86. The smallest absolute Gasteiger partial charge is 0.191 e. The Morgan fingerprint density at radius 3 is 2.77 bits per heavy atom. The summed E-state index contributed by atoms with van der Waals surface area (Å²) in [6, 6.07) is 2.11. The molecule has 22 heavy (non-hydrogen) atoms. The maximum atomic E-state index is 4.58. The van der Waals surface area contributed by atoms with Gasteiger partial charge in [0.15, 0.2) is 5.96 Å². The van der Waals surface area contributed by atoms with Gasteiger partial charge in [-0.05, 0) is 42.2 Å². The van der Waals surface area contributed by atoms with Gasteiger partial charge in [0.1, 0.15) is 12.7 Å². The lowest BCUT2D eigenvalue weighted by Gasteiger charge is -2.11. The lowest BCUT2D eigenvalue weighted by atomic mass is 10.3. The Morgan fingerprint density at radius 1 is 1.27 bits per heavy atom. The Kier molecular flexibility index (Phi) is 9.80. The molecular formula is C14H23IN6S. The minimum Gasteiger partial charge on any atom is -0.357 e. The van der Waals surface area contributed by atoms with Crippen LogP contribution in [0.5, 0.6) is 0 Å². The van der Waals surface area contributed by atoms with Crippen LogP contribution in [0.4, 0.5) is 0 Å². The van der Waals surface area contributed by atoms with Crippen molar-refractivity contribution in [3.8, 4) is 0 Å². The van der Waals surface area contributed by atoms with E-state index >= 15 is 0 Å². The van der Waals surface area contributed by atoms with Crippen molar-refractivity contribution in [2.24, 2.45) is 4.99 Å². The fourth-order valence-corrected chi connectivity index (χ4v) is 2.52. The van der Waals surface area contributed by atoms with Crippen molar-refractivity contribution in [1.29, 1.82) is 0 Å². The number of thiophene rings is 1. The zero-order valence-corrected chi connectivity index (χ0v) is 15.9. The summed E-state index contributed by atoms with van der Waals surface area (Å²) >= 11 is 1.71. The van der Waals surface area contributed by atoms with Crippen molar-refractivity contribution in [2.45, 2.75) is 32.9 Å². The molecule has 2 aromatic heterocycles. The molecule has 0 aliphatic heterocycles. The highest BCUT2D eigenvalue weighted by molar-refractivity contribution is 14.0. The first kappa shape index (κ1) is 18.9. The number of guanidine groups is 1. The highest BCUT2D eigenvalue weighted by atomic mass is 127. The van der Waals surface area contributed by atoms with Crippen LogP contribution in [-0.2, 0) is 13.1 Å². The summed E-state index contributed by atoms with van der Waals surface area (Å²) in [4.78, 5) is 4.58. The number of aliphatic imine (C=N–C) groups is 1. The molecule has 0 bridgehead atoms. The first-order chi connectivity index (χ1) is 10.4. The van der Waals surface area contributed by atoms with E-state index in [0.29, 0.717) is 0 Å². The summed E-state index contributed by atoms with van der Waals surface area (Å²) < 4.78 is 2.00. The van der Waals surface area contributed by atoms with Crippen LogP contribution in [0, 0.1) is 0 Å². The highest BCUT2D eigenvalue weighted by Crippen LogP contribution is 2.06. The molecule has 122 valence electrons. The van der Waals surface area contributed by atoms with Gasteiger partial charge in [0.05, 0.1) is 6.54 Å². The number of halogens is 1. The van der Waals surface area contributed by atoms with Crippen molar-refractivity contribution < 1.29 is 0 Å². The standard InChI is InChI=1S/C14H22N6S.HI/c1-2-15-14(17-9-13-5-8-21-10-13)16-6-3-4-7-20-11-18-19-12-20;/h5,8,10-12H,2-4,6-7,9H2,1H3,(H2,15,16,17);1H. The normalized spacial score (nSPS) is 11.0. The van der Waals surface area contributed by atoms with Crippen LogP contribution in [0.15, 0.2) is 34.5 Å². The number of aromatic nitrogens is 3. The van der Waals surface area contributed by atoms with Crippen LogP contribution >= 0.6 is 35.3 Å². The lowest BCUT2D eigenvalue weighted by Crippen LogP contribution is -2.37. The molecule has 0 atom stereocenters. The average Bonchev–Trinajstić information content (AvgIpc) is 3.17. The van der Waals surface area contributed by atoms with Gasteiger partial charge in [-0.1, -0.05) is 0 Å². The van der Waals surface area contributed by atoms with Crippen molar-refractivity contribution in [3.63, 3.8) is 0 Å². The van der Waals surface area contributed by atoms with E-state index in [-0.39, 0.29) is 24.0 Å². The number of unbranched alkanes of at least 4 members (excludes halogenated alkanes) is 1. The quantitative estimate of drug-likeness (QED) is 0.290. The van der Waals surface area contributed by atoms with Gasteiger partial charge in [-0.3, -0.25) is 0 Å². The number of rotatable bonds is 8. The Hall–Kier alpha value is -1.16. The monoisotopic (exact) mass is 434 g/mol. The Labute approximate surface area is 152 Å². The van der Waals surface area contributed by atoms with Gasteiger partial charge in [0.2, 0.25) is 0 Å². The molecule has 2 N–H and O–H groups in total.